The molecule has 0 atom stereocenters. The molecular weight excluding hydrogens is 615 g/mol. The van der Waals surface area contributed by atoms with Crippen LogP contribution in [0.1, 0.15) is 0 Å². The number of furan rings is 1. The Morgan fingerprint density at radius 2 is 1.12 bits per heavy atom. The number of hydrogen-bond acceptors (Lipinski definition) is 3. The van der Waals surface area contributed by atoms with Crippen molar-refractivity contribution in [2.75, 3.05) is 4.90 Å². The second-order valence-electron chi connectivity index (χ2n) is 12.5. The van der Waals surface area contributed by atoms with Crippen molar-refractivity contribution < 1.29 is 4.42 Å². The van der Waals surface area contributed by atoms with Crippen LogP contribution >= 0.6 is 11.3 Å². The maximum absolute atomic E-state index is 6.49. The van der Waals surface area contributed by atoms with E-state index < -0.39 is 0 Å². The molecule has 0 unspecified atom stereocenters. The van der Waals surface area contributed by atoms with Gasteiger partial charge in [0.25, 0.3) is 0 Å². The van der Waals surface area contributed by atoms with Gasteiger partial charge in [-0.25, -0.2) is 0 Å². The summed E-state index contributed by atoms with van der Waals surface area (Å²) in [5.74, 6) is 0. The van der Waals surface area contributed by atoms with Crippen molar-refractivity contribution in [3.8, 4) is 22.3 Å². The predicted molar refractivity (Wildman–Crippen MR) is 210 cm³/mol. The van der Waals surface area contributed by atoms with Gasteiger partial charge in [-0.3, -0.25) is 0 Å². The lowest BCUT2D eigenvalue weighted by molar-refractivity contribution is 0.672. The highest BCUT2D eigenvalue weighted by molar-refractivity contribution is 7.26. The van der Waals surface area contributed by atoms with E-state index in [-0.39, 0.29) is 0 Å². The third-order valence-corrected chi connectivity index (χ3v) is 10.9. The van der Waals surface area contributed by atoms with Gasteiger partial charge in [-0.2, -0.15) is 0 Å². The minimum Gasteiger partial charge on any atom is -0.455 e. The van der Waals surface area contributed by atoms with E-state index in [9.17, 15) is 0 Å². The Morgan fingerprint density at radius 1 is 0.408 bits per heavy atom. The minimum atomic E-state index is 0.889. The Labute approximate surface area is 287 Å². The number of nitrogens with zero attached hydrogens (tertiary/aromatic N) is 1. The molecule has 10 aromatic rings. The molecule has 0 amide bonds. The Morgan fingerprint density at radius 3 is 2.02 bits per heavy atom. The third kappa shape index (κ3) is 4.62. The molecule has 0 aliphatic rings. The van der Waals surface area contributed by atoms with Gasteiger partial charge in [-0.15, -0.1) is 11.3 Å². The summed E-state index contributed by atoms with van der Waals surface area (Å²) in [5.41, 5.74) is 9.93. The van der Waals surface area contributed by atoms with Gasteiger partial charge in [0.2, 0.25) is 0 Å². The van der Waals surface area contributed by atoms with Crippen LogP contribution in [0.5, 0.6) is 0 Å². The lowest BCUT2D eigenvalue weighted by Gasteiger charge is -2.26. The summed E-state index contributed by atoms with van der Waals surface area (Å²) < 4.78 is 9.14. The van der Waals surface area contributed by atoms with Crippen LogP contribution < -0.4 is 4.90 Å². The summed E-state index contributed by atoms with van der Waals surface area (Å²) in [6.07, 6.45) is 0. The van der Waals surface area contributed by atoms with E-state index >= 15 is 0 Å². The normalized spacial score (nSPS) is 11.7. The fraction of sp³-hybridized carbons (Fsp3) is 0. The monoisotopic (exact) mass is 643 g/mol. The fourth-order valence-corrected chi connectivity index (χ4v) is 8.54. The summed E-state index contributed by atoms with van der Waals surface area (Å²) >= 11 is 1.87. The zero-order chi connectivity index (χ0) is 32.3. The Kier molecular flexibility index (Phi) is 6.39. The number of fused-ring (bicyclic) bond motifs is 8. The number of benzene rings is 8. The van der Waals surface area contributed by atoms with Crippen LogP contribution in [0.3, 0.4) is 0 Å². The SMILES string of the molecule is c1ccc(-c2cccc(N(c3ccc(-c4cccc5c4sc4ccccc45)cc3)c3ccc4oc5c6ccccc6ccc5c4c3)c2)cc1. The molecule has 2 heterocycles. The molecule has 0 aliphatic heterocycles. The van der Waals surface area contributed by atoms with Crippen molar-refractivity contribution in [1.29, 1.82) is 0 Å². The molecule has 0 saturated heterocycles. The van der Waals surface area contributed by atoms with E-state index in [0.29, 0.717) is 0 Å². The van der Waals surface area contributed by atoms with Crippen LogP contribution in [0.4, 0.5) is 17.1 Å². The average Bonchev–Trinajstić information content (AvgIpc) is 3.74. The second-order valence-corrected chi connectivity index (χ2v) is 13.6. The molecule has 0 spiro atoms. The summed E-state index contributed by atoms with van der Waals surface area (Å²) in [5, 5.41) is 7.18. The van der Waals surface area contributed by atoms with Crippen molar-refractivity contribution in [2.24, 2.45) is 0 Å². The van der Waals surface area contributed by atoms with Crippen LogP contribution in [-0.4, -0.2) is 0 Å². The van der Waals surface area contributed by atoms with E-state index in [1.807, 2.05) is 11.3 Å². The molecule has 0 fully saturated rings. The minimum absolute atomic E-state index is 0.889. The molecule has 2 aromatic heterocycles. The van der Waals surface area contributed by atoms with Gasteiger partial charge in [0, 0.05) is 53.4 Å². The lowest BCUT2D eigenvalue weighted by atomic mass is 10.0. The molecular formula is C46H29NOS. The standard InChI is InChI=1S/C46H29NOS/c1-2-10-30(11-3-1)33-13-8-14-35(28-33)47(36-25-27-43-42(29-36)40-26-22-31-12-4-5-15-37(31)45(40)48-43)34-23-20-32(21-24-34)38-17-9-18-41-39-16-6-7-19-44(39)49-46(38)41/h1-29H. The van der Waals surface area contributed by atoms with Crippen molar-refractivity contribution in [3.63, 3.8) is 0 Å². The van der Waals surface area contributed by atoms with Crippen LogP contribution in [-0.2, 0) is 0 Å². The van der Waals surface area contributed by atoms with Crippen molar-refractivity contribution >= 4 is 81.3 Å². The van der Waals surface area contributed by atoms with E-state index in [1.54, 1.807) is 0 Å². The first-order valence-electron chi connectivity index (χ1n) is 16.6. The van der Waals surface area contributed by atoms with Crippen LogP contribution in [0.2, 0.25) is 0 Å². The molecule has 0 radical (unpaired) electrons. The Bertz CT molecular complexity index is 2830. The van der Waals surface area contributed by atoms with Crippen LogP contribution in [0.15, 0.2) is 180 Å². The third-order valence-electron chi connectivity index (χ3n) is 9.66. The van der Waals surface area contributed by atoms with E-state index in [1.165, 1.54) is 47.8 Å². The van der Waals surface area contributed by atoms with Gasteiger partial charge in [0.15, 0.2) is 0 Å². The van der Waals surface area contributed by atoms with E-state index in [0.717, 1.165) is 44.4 Å². The lowest BCUT2D eigenvalue weighted by Crippen LogP contribution is -2.10. The Hall–Kier alpha value is -6.16. The number of rotatable bonds is 5. The van der Waals surface area contributed by atoms with Gasteiger partial charge in [-0.1, -0.05) is 121 Å². The van der Waals surface area contributed by atoms with Crippen LogP contribution in [0.25, 0.3) is 75.1 Å². The van der Waals surface area contributed by atoms with Gasteiger partial charge in [-0.05, 0) is 82.2 Å². The molecule has 0 aliphatic carbocycles. The fourth-order valence-electron chi connectivity index (χ4n) is 7.30. The first-order chi connectivity index (χ1) is 24.3. The van der Waals surface area contributed by atoms with Gasteiger partial charge >= 0.3 is 0 Å². The molecule has 0 saturated carbocycles. The largest absolute Gasteiger partial charge is 0.455 e. The molecule has 8 aromatic carbocycles. The zero-order valence-corrected chi connectivity index (χ0v) is 27.3. The van der Waals surface area contributed by atoms with E-state index in [2.05, 4.69) is 181 Å². The maximum atomic E-state index is 6.49. The second kappa shape index (κ2) is 11.2. The highest BCUT2D eigenvalue weighted by Crippen LogP contribution is 2.43. The summed E-state index contributed by atoms with van der Waals surface area (Å²) in [6, 6.07) is 63.2. The van der Waals surface area contributed by atoms with Crippen LogP contribution in [0, 0.1) is 0 Å². The summed E-state index contributed by atoms with van der Waals surface area (Å²) in [4.78, 5) is 2.36. The molecule has 49 heavy (non-hydrogen) atoms. The van der Waals surface area contributed by atoms with Crippen molar-refractivity contribution in [3.05, 3.63) is 176 Å². The maximum Gasteiger partial charge on any atom is 0.143 e. The molecule has 0 bridgehead atoms. The smallest absolute Gasteiger partial charge is 0.143 e. The first kappa shape index (κ1) is 27.9. The van der Waals surface area contributed by atoms with Crippen molar-refractivity contribution in [2.45, 2.75) is 0 Å². The summed E-state index contributed by atoms with van der Waals surface area (Å²) in [6.45, 7) is 0. The highest BCUT2D eigenvalue weighted by Gasteiger charge is 2.18. The quantitative estimate of drug-likeness (QED) is 0.186. The van der Waals surface area contributed by atoms with Gasteiger partial charge in [0.05, 0.1) is 0 Å². The summed E-state index contributed by atoms with van der Waals surface area (Å²) in [7, 11) is 0. The number of anilines is 3. The highest BCUT2D eigenvalue weighted by atomic mass is 32.1. The first-order valence-corrected chi connectivity index (χ1v) is 17.4. The zero-order valence-electron chi connectivity index (χ0n) is 26.5. The molecule has 0 N–H and O–H groups in total. The molecule has 230 valence electrons. The van der Waals surface area contributed by atoms with E-state index in [4.69, 9.17) is 4.42 Å². The van der Waals surface area contributed by atoms with Gasteiger partial charge in [0.1, 0.15) is 11.2 Å². The predicted octanol–water partition coefficient (Wildman–Crippen LogP) is 13.9. The topological polar surface area (TPSA) is 16.4 Å². The number of thiophene rings is 1. The van der Waals surface area contributed by atoms with Gasteiger partial charge < -0.3 is 9.32 Å². The molecule has 10 rings (SSSR count). The molecule has 2 nitrogen and oxygen atoms in total. The Balaban J connectivity index is 1.14. The molecule has 3 heteroatoms. The average molecular weight is 644 g/mol. The van der Waals surface area contributed by atoms with Crippen molar-refractivity contribution in [1.82, 2.24) is 0 Å². The number of hydrogen-bond donors (Lipinski definition) is 0.